The van der Waals surface area contributed by atoms with Gasteiger partial charge in [-0.1, -0.05) is 31.0 Å². The van der Waals surface area contributed by atoms with Crippen LogP contribution in [0.2, 0.25) is 0 Å². The summed E-state index contributed by atoms with van der Waals surface area (Å²) in [6, 6.07) is 10.2. The lowest BCUT2D eigenvalue weighted by molar-refractivity contribution is 0.163. The molecule has 1 fully saturated rings. The Morgan fingerprint density at radius 3 is 2.53 bits per heavy atom. The van der Waals surface area contributed by atoms with Gasteiger partial charge in [-0.15, -0.1) is 0 Å². The molecule has 2 N–H and O–H groups in total. The van der Waals surface area contributed by atoms with Crippen molar-refractivity contribution in [2.45, 2.75) is 44.2 Å². The Morgan fingerprint density at radius 2 is 1.73 bits per heavy atom. The van der Waals surface area contributed by atoms with Crippen molar-refractivity contribution in [2.24, 2.45) is 5.73 Å². The summed E-state index contributed by atoms with van der Waals surface area (Å²) in [5, 5.41) is 0. The van der Waals surface area contributed by atoms with Crippen LogP contribution >= 0.6 is 0 Å². The average Bonchev–Trinajstić information content (AvgIpc) is 2.46. The fraction of sp³-hybridized carbons (Fsp3) is 0.538. The first-order chi connectivity index (χ1) is 7.36. The van der Waals surface area contributed by atoms with E-state index in [0.29, 0.717) is 0 Å². The zero-order valence-electron chi connectivity index (χ0n) is 9.06. The lowest BCUT2D eigenvalue weighted by Crippen LogP contribution is -2.37. The van der Waals surface area contributed by atoms with Gasteiger partial charge in [-0.25, -0.2) is 0 Å². The minimum absolute atomic E-state index is 0.202. The average molecular weight is 205 g/mol. The molecule has 1 aliphatic carbocycles. The molecular weight excluding hydrogens is 186 g/mol. The molecule has 0 radical (unpaired) electrons. The van der Waals surface area contributed by atoms with Crippen molar-refractivity contribution in [3.8, 4) is 5.75 Å². The van der Waals surface area contributed by atoms with E-state index < -0.39 is 0 Å². The summed E-state index contributed by atoms with van der Waals surface area (Å²) in [6.07, 6.45) is 6.17. The fourth-order valence-corrected chi connectivity index (χ4v) is 2.12. The number of ether oxygens (including phenoxy) is 1. The summed E-state index contributed by atoms with van der Waals surface area (Å²) in [5.41, 5.74) is 6.10. The van der Waals surface area contributed by atoms with Gasteiger partial charge in [-0.2, -0.15) is 0 Å². The molecule has 0 heterocycles. The largest absolute Gasteiger partial charge is 0.489 e. The molecule has 0 spiro atoms. The molecule has 0 aliphatic heterocycles. The number of hydrogen-bond donors (Lipinski definition) is 1. The van der Waals surface area contributed by atoms with Gasteiger partial charge >= 0.3 is 0 Å². The van der Waals surface area contributed by atoms with Gasteiger partial charge in [0, 0.05) is 6.04 Å². The Kier molecular flexibility index (Phi) is 3.62. The summed E-state index contributed by atoms with van der Waals surface area (Å²) in [5.74, 6) is 0.944. The van der Waals surface area contributed by atoms with Crippen LogP contribution in [0.15, 0.2) is 30.3 Å². The first-order valence-electron chi connectivity index (χ1n) is 5.83. The van der Waals surface area contributed by atoms with Crippen LogP contribution in [0.25, 0.3) is 0 Å². The monoisotopic (exact) mass is 205 g/mol. The SMILES string of the molecule is N[C@@H]1CCCCC[C@@H]1Oc1ccccc1. The van der Waals surface area contributed by atoms with Crippen LogP contribution in [-0.2, 0) is 0 Å². The number of rotatable bonds is 2. The van der Waals surface area contributed by atoms with Crippen molar-refractivity contribution in [3.63, 3.8) is 0 Å². The topological polar surface area (TPSA) is 35.2 Å². The second-order valence-corrected chi connectivity index (χ2v) is 4.27. The molecule has 0 amide bonds. The standard InChI is InChI=1S/C13H19NO/c14-12-9-5-2-6-10-13(12)15-11-7-3-1-4-8-11/h1,3-4,7-8,12-13H,2,5-6,9-10,14H2/t12-,13+/m1/s1. The zero-order chi connectivity index (χ0) is 10.5. The van der Waals surface area contributed by atoms with Crippen LogP contribution < -0.4 is 10.5 Å². The van der Waals surface area contributed by atoms with Gasteiger partial charge < -0.3 is 10.5 Å². The highest BCUT2D eigenvalue weighted by Gasteiger charge is 2.21. The third-order valence-corrected chi connectivity index (χ3v) is 3.03. The van der Waals surface area contributed by atoms with Crippen molar-refractivity contribution in [2.75, 3.05) is 0 Å². The molecule has 1 saturated carbocycles. The van der Waals surface area contributed by atoms with Gasteiger partial charge in [0.1, 0.15) is 11.9 Å². The van der Waals surface area contributed by atoms with E-state index in [1.54, 1.807) is 0 Å². The van der Waals surface area contributed by atoms with E-state index in [9.17, 15) is 0 Å². The maximum absolute atomic E-state index is 6.10. The Labute approximate surface area is 91.4 Å². The van der Waals surface area contributed by atoms with E-state index in [2.05, 4.69) is 0 Å². The molecule has 0 bridgehead atoms. The van der Waals surface area contributed by atoms with Gasteiger partial charge in [0.2, 0.25) is 0 Å². The summed E-state index contributed by atoms with van der Waals surface area (Å²) in [7, 11) is 0. The van der Waals surface area contributed by atoms with Crippen molar-refractivity contribution in [1.82, 2.24) is 0 Å². The molecule has 0 saturated heterocycles. The summed E-state index contributed by atoms with van der Waals surface area (Å²) < 4.78 is 5.92. The van der Waals surface area contributed by atoms with E-state index in [1.165, 1.54) is 19.3 Å². The molecule has 82 valence electrons. The lowest BCUT2D eigenvalue weighted by Gasteiger charge is -2.22. The highest BCUT2D eigenvalue weighted by molar-refractivity contribution is 5.21. The van der Waals surface area contributed by atoms with E-state index in [-0.39, 0.29) is 12.1 Å². The fourth-order valence-electron chi connectivity index (χ4n) is 2.12. The quantitative estimate of drug-likeness (QED) is 0.753. The van der Waals surface area contributed by atoms with Gasteiger partial charge in [0.25, 0.3) is 0 Å². The van der Waals surface area contributed by atoms with E-state index >= 15 is 0 Å². The minimum atomic E-state index is 0.202. The molecule has 1 aromatic rings. The van der Waals surface area contributed by atoms with Crippen molar-refractivity contribution in [1.29, 1.82) is 0 Å². The van der Waals surface area contributed by atoms with Crippen LogP contribution in [0.3, 0.4) is 0 Å². The minimum Gasteiger partial charge on any atom is -0.489 e. The Balaban J connectivity index is 1.97. The van der Waals surface area contributed by atoms with Gasteiger partial charge in [-0.05, 0) is 31.4 Å². The van der Waals surface area contributed by atoms with Crippen LogP contribution in [-0.4, -0.2) is 12.1 Å². The van der Waals surface area contributed by atoms with Gasteiger partial charge in [0.05, 0.1) is 0 Å². The van der Waals surface area contributed by atoms with Crippen molar-refractivity contribution >= 4 is 0 Å². The Hall–Kier alpha value is -1.02. The van der Waals surface area contributed by atoms with Gasteiger partial charge in [-0.3, -0.25) is 0 Å². The van der Waals surface area contributed by atoms with Crippen LogP contribution in [0.4, 0.5) is 0 Å². The number of para-hydroxylation sites is 1. The third-order valence-electron chi connectivity index (χ3n) is 3.03. The predicted octanol–water partition coefficient (Wildman–Crippen LogP) is 2.73. The molecular formula is C13H19NO. The summed E-state index contributed by atoms with van der Waals surface area (Å²) in [6.45, 7) is 0. The molecule has 2 atom stereocenters. The molecule has 0 aromatic heterocycles. The second kappa shape index (κ2) is 5.17. The lowest BCUT2D eigenvalue weighted by atomic mass is 10.1. The molecule has 2 rings (SSSR count). The van der Waals surface area contributed by atoms with Crippen LogP contribution in [0.5, 0.6) is 5.75 Å². The maximum Gasteiger partial charge on any atom is 0.119 e. The van der Waals surface area contributed by atoms with E-state index in [1.807, 2.05) is 30.3 Å². The number of nitrogens with two attached hydrogens (primary N) is 1. The smallest absolute Gasteiger partial charge is 0.119 e. The maximum atomic E-state index is 6.10. The Morgan fingerprint density at radius 1 is 1.00 bits per heavy atom. The first kappa shape index (κ1) is 10.5. The van der Waals surface area contributed by atoms with E-state index in [0.717, 1.165) is 18.6 Å². The molecule has 2 heteroatoms. The van der Waals surface area contributed by atoms with Gasteiger partial charge in [0.15, 0.2) is 0 Å². The summed E-state index contributed by atoms with van der Waals surface area (Å²) >= 11 is 0. The molecule has 1 aliphatic rings. The van der Waals surface area contributed by atoms with Crippen LogP contribution in [0.1, 0.15) is 32.1 Å². The molecule has 1 aromatic carbocycles. The molecule has 15 heavy (non-hydrogen) atoms. The highest BCUT2D eigenvalue weighted by Crippen LogP contribution is 2.21. The Bertz CT molecular complexity index is 286. The van der Waals surface area contributed by atoms with Crippen molar-refractivity contribution in [3.05, 3.63) is 30.3 Å². The number of benzene rings is 1. The second-order valence-electron chi connectivity index (χ2n) is 4.27. The highest BCUT2D eigenvalue weighted by atomic mass is 16.5. The zero-order valence-corrected chi connectivity index (χ0v) is 9.06. The summed E-state index contributed by atoms with van der Waals surface area (Å²) in [4.78, 5) is 0. The number of hydrogen-bond acceptors (Lipinski definition) is 2. The normalized spacial score (nSPS) is 27.0. The van der Waals surface area contributed by atoms with Crippen LogP contribution in [0, 0.1) is 0 Å². The molecule has 2 nitrogen and oxygen atoms in total. The van der Waals surface area contributed by atoms with Crippen molar-refractivity contribution < 1.29 is 4.74 Å². The predicted molar refractivity (Wildman–Crippen MR) is 61.9 cm³/mol. The molecule has 0 unspecified atom stereocenters. The first-order valence-corrected chi connectivity index (χ1v) is 5.83. The third kappa shape index (κ3) is 2.96. The van der Waals surface area contributed by atoms with E-state index in [4.69, 9.17) is 10.5 Å².